The van der Waals surface area contributed by atoms with Crippen LogP contribution in [0.15, 0.2) is 6.20 Å². The summed E-state index contributed by atoms with van der Waals surface area (Å²) in [5.41, 5.74) is 5.68. The summed E-state index contributed by atoms with van der Waals surface area (Å²) in [4.78, 5) is 12.4. The topological polar surface area (TPSA) is 60.9 Å². The predicted molar refractivity (Wildman–Crippen MR) is 64.6 cm³/mol. The van der Waals surface area contributed by atoms with E-state index in [2.05, 4.69) is 5.10 Å². The van der Waals surface area contributed by atoms with Gasteiger partial charge in [0, 0.05) is 19.0 Å². The molecule has 1 heterocycles. The first-order valence-corrected chi connectivity index (χ1v) is 5.82. The van der Waals surface area contributed by atoms with Gasteiger partial charge in [-0.3, -0.25) is 9.48 Å². The molecule has 0 atom stereocenters. The number of nitrogens with two attached hydrogens (primary N) is 1. The van der Waals surface area contributed by atoms with Crippen LogP contribution in [0.25, 0.3) is 0 Å². The van der Waals surface area contributed by atoms with Gasteiger partial charge in [0.05, 0.1) is 11.2 Å². The highest BCUT2D eigenvalue weighted by atomic mass is 35.5. The van der Waals surface area contributed by atoms with Crippen molar-refractivity contribution >= 4 is 17.4 Å². The molecule has 0 spiro atoms. The van der Waals surface area contributed by atoms with Gasteiger partial charge in [-0.15, -0.1) is 0 Å². The summed E-state index contributed by atoms with van der Waals surface area (Å²) in [5.74, 6) is -0.00926. The van der Waals surface area contributed by atoms with E-state index < -0.39 is 5.41 Å². The Hall–Kier alpha value is -0.870. The number of aryl methyl sites for hydroxylation is 1. The van der Waals surface area contributed by atoms with Gasteiger partial charge < -0.3 is 5.73 Å². The van der Waals surface area contributed by atoms with Crippen LogP contribution in [0.3, 0.4) is 0 Å². The molecular weight excluding hydrogens is 226 g/mol. The van der Waals surface area contributed by atoms with E-state index in [-0.39, 0.29) is 5.78 Å². The van der Waals surface area contributed by atoms with E-state index in [1.165, 1.54) is 10.9 Å². The minimum Gasteiger partial charge on any atom is -0.329 e. The van der Waals surface area contributed by atoms with Crippen molar-refractivity contribution in [1.82, 2.24) is 9.78 Å². The third kappa shape index (κ3) is 1.99. The van der Waals surface area contributed by atoms with Crippen molar-refractivity contribution in [3.05, 3.63) is 16.9 Å². The maximum absolute atomic E-state index is 12.4. The molecule has 0 aliphatic heterocycles. The minimum absolute atomic E-state index is 0.00926. The zero-order valence-corrected chi connectivity index (χ0v) is 10.7. The Morgan fingerprint density at radius 1 is 1.56 bits per heavy atom. The number of Topliss-reactive ketones (excluding diaryl/α,β-unsaturated/α-hetero) is 1. The first kappa shape index (κ1) is 13.2. The second-order valence-electron chi connectivity index (χ2n) is 3.99. The molecule has 0 fully saturated rings. The summed E-state index contributed by atoms with van der Waals surface area (Å²) in [5, 5.41) is 4.37. The Morgan fingerprint density at radius 2 is 2.12 bits per heavy atom. The van der Waals surface area contributed by atoms with Gasteiger partial charge >= 0.3 is 0 Å². The second-order valence-corrected chi connectivity index (χ2v) is 4.39. The lowest BCUT2D eigenvalue weighted by molar-refractivity contribution is 0.0777. The Bertz CT molecular complexity index is 355. The molecule has 1 aromatic heterocycles. The van der Waals surface area contributed by atoms with Crippen LogP contribution in [-0.4, -0.2) is 22.1 Å². The average molecular weight is 244 g/mol. The molecule has 0 aliphatic carbocycles. The largest absolute Gasteiger partial charge is 0.329 e. The maximum Gasteiger partial charge on any atom is 0.189 e. The van der Waals surface area contributed by atoms with Crippen LogP contribution < -0.4 is 5.73 Å². The molecule has 0 bridgehead atoms. The molecule has 1 aromatic rings. The summed E-state index contributed by atoms with van der Waals surface area (Å²) in [6.45, 7) is 4.28. The third-order valence-electron chi connectivity index (χ3n) is 3.34. The van der Waals surface area contributed by atoms with Gasteiger partial charge in [0.15, 0.2) is 5.78 Å². The van der Waals surface area contributed by atoms with Crippen LogP contribution in [0.2, 0.25) is 5.02 Å². The SMILES string of the molecule is CCC(CC)(CN)C(=O)c1c(Cl)cnn1C. The molecule has 16 heavy (non-hydrogen) atoms. The number of halogens is 1. The second kappa shape index (κ2) is 4.97. The maximum atomic E-state index is 12.4. The smallest absolute Gasteiger partial charge is 0.189 e. The first-order valence-electron chi connectivity index (χ1n) is 5.44. The fraction of sp³-hybridized carbons (Fsp3) is 0.636. The van der Waals surface area contributed by atoms with Crippen molar-refractivity contribution in [3.8, 4) is 0 Å². The Morgan fingerprint density at radius 3 is 2.44 bits per heavy atom. The molecule has 0 amide bonds. The number of hydrogen-bond donors (Lipinski definition) is 1. The highest BCUT2D eigenvalue weighted by molar-refractivity contribution is 6.33. The molecule has 0 unspecified atom stereocenters. The van der Waals surface area contributed by atoms with Gasteiger partial charge in [-0.05, 0) is 12.8 Å². The molecule has 0 aromatic carbocycles. The summed E-state index contributed by atoms with van der Waals surface area (Å²) < 4.78 is 1.51. The van der Waals surface area contributed by atoms with Gasteiger partial charge in [-0.1, -0.05) is 25.4 Å². The number of hydrogen-bond acceptors (Lipinski definition) is 3. The zero-order valence-electron chi connectivity index (χ0n) is 9.96. The molecule has 0 saturated carbocycles. The van der Waals surface area contributed by atoms with Gasteiger partial charge in [0.25, 0.3) is 0 Å². The number of ketones is 1. The third-order valence-corrected chi connectivity index (χ3v) is 3.61. The zero-order chi connectivity index (χ0) is 12.3. The number of aromatic nitrogens is 2. The van der Waals surface area contributed by atoms with E-state index in [0.29, 0.717) is 30.1 Å². The number of nitrogens with zero attached hydrogens (tertiary/aromatic N) is 2. The van der Waals surface area contributed by atoms with E-state index in [9.17, 15) is 4.79 Å². The van der Waals surface area contributed by atoms with Crippen molar-refractivity contribution in [2.75, 3.05) is 6.54 Å². The van der Waals surface area contributed by atoms with Crippen LogP contribution in [0.5, 0.6) is 0 Å². The molecule has 5 heteroatoms. The highest BCUT2D eigenvalue weighted by Crippen LogP contribution is 2.31. The molecular formula is C11H18ClN3O. The summed E-state index contributed by atoms with van der Waals surface area (Å²) in [6, 6.07) is 0. The van der Waals surface area contributed by atoms with Crippen LogP contribution in [-0.2, 0) is 7.05 Å². The van der Waals surface area contributed by atoms with Crippen molar-refractivity contribution in [1.29, 1.82) is 0 Å². The van der Waals surface area contributed by atoms with E-state index in [1.54, 1.807) is 7.05 Å². The number of rotatable bonds is 5. The Kier molecular flexibility index (Phi) is 4.10. The van der Waals surface area contributed by atoms with E-state index in [4.69, 9.17) is 17.3 Å². The van der Waals surface area contributed by atoms with E-state index in [0.717, 1.165) is 0 Å². The molecule has 4 nitrogen and oxygen atoms in total. The molecule has 90 valence electrons. The highest BCUT2D eigenvalue weighted by Gasteiger charge is 2.36. The number of carbonyl (C=O) groups excluding carboxylic acids is 1. The molecule has 1 rings (SSSR count). The predicted octanol–water partition coefficient (Wildman–Crippen LogP) is 2.02. The first-order chi connectivity index (χ1) is 7.52. The van der Waals surface area contributed by atoms with Gasteiger partial charge in [0.2, 0.25) is 0 Å². The van der Waals surface area contributed by atoms with E-state index in [1.807, 2.05) is 13.8 Å². The van der Waals surface area contributed by atoms with Gasteiger partial charge in [-0.25, -0.2) is 0 Å². The van der Waals surface area contributed by atoms with Crippen molar-refractivity contribution in [2.24, 2.45) is 18.2 Å². The molecule has 0 aliphatic rings. The lowest BCUT2D eigenvalue weighted by Crippen LogP contribution is -2.38. The standard InChI is InChI=1S/C11H18ClN3O/c1-4-11(5-2,7-13)10(16)9-8(12)6-14-15(9)3/h6H,4-5,7,13H2,1-3H3. The molecule has 0 radical (unpaired) electrons. The van der Waals surface area contributed by atoms with Gasteiger partial charge in [-0.2, -0.15) is 5.10 Å². The normalized spacial score (nSPS) is 11.8. The summed E-state index contributed by atoms with van der Waals surface area (Å²) >= 11 is 5.97. The lowest BCUT2D eigenvalue weighted by Gasteiger charge is -2.28. The summed E-state index contributed by atoms with van der Waals surface area (Å²) in [7, 11) is 1.71. The van der Waals surface area contributed by atoms with Crippen LogP contribution in [0, 0.1) is 5.41 Å². The fourth-order valence-electron chi connectivity index (χ4n) is 1.87. The summed E-state index contributed by atoms with van der Waals surface area (Å²) in [6.07, 6.45) is 2.90. The minimum atomic E-state index is -0.516. The molecule has 2 N–H and O–H groups in total. The Labute approximate surface area is 101 Å². The van der Waals surface area contributed by atoms with Crippen LogP contribution >= 0.6 is 11.6 Å². The van der Waals surface area contributed by atoms with Crippen LogP contribution in [0.4, 0.5) is 0 Å². The number of carbonyl (C=O) groups is 1. The van der Waals surface area contributed by atoms with E-state index >= 15 is 0 Å². The fourth-order valence-corrected chi connectivity index (χ4v) is 2.12. The van der Waals surface area contributed by atoms with Crippen molar-refractivity contribution < 1.29 is 4.79 Å². The Balaban J connectivity index is 3.19. The monoisotopic (exact) mass is 243 g/mol. The van der Waals surface area contributed by atoms with Crippen LogP contribution in [0.1, 0.15) is 37.2 Å². The average Bonchev–Trinajstić information content (AvgIpc) is 2.61. The molecule has 0 saturated heterocycles. The van der Waals surface area contributed by atoms with Gasteiger partial charge in [0.1, 0.15) is 5.69 Å². The lowest BCUT2D eigenvalue weighted by atomic mass is 9.77. The quantitative estimate of drug-likeness (QED) is 0.805. The van der Waals surface area contributed by atoms with Crippen molar-refractivity contribution in [3.63, 3.8) is 0 Å². The van der Waals surface area contributed by atoms with Crippen molar-refractivity contribution in [2.45, 2.75) is 26.7 Å².